The molecule has 1 aliphatic rings. The van der Waals surface area contributed by atoms with E-state index in [0.717, 1.165) is 37.5 Å². The van der Waals surface area contributed by atoms with Gasteiger partial charge in [-0.2, -0.15) is 0 Å². The Labute approximate surface area is 109 Å². The van der Waals surface area contributed by atoms with Crippen LogP contribution in [0.25, 0.3) is 0 Å². The van der Waals surface area contributed by atoms with E-state index in [1.54, 1.807) is 0 Å². The van der Waals surface area contributed by atoms with E-state index in [1.807, 2.05) is 0 Å². The lowest BCUT2D eigenvalue weighted by molar-refractivity contribution is -0.145. The SMILES string of the molecule is O=C(O)C1(c2cc(C(F)F)ccc2O)CCCCC1. The number of halogens is 2. The highest BCUT2D eigenvalue weighted by Crippen LogP contribution is 2.44. The summed E-state index contributed by atoms with van der Waals surface area (Å²) < 4.78 is 25.5. The Balaban J connectivity index is 2.52. The molecule has 1 saturated carbocycles. The Hall–Kier alpha value is -1.65. The molecule has 0 aromatic heterocycles. The Morgan fingerprint density at radius 1 is 1.21 bits per heavy atom. The Bertz CT molecular complexity index is 480. The summed E-state index contributed by atoms with van der Waals surface area (Å²) in [6.07, 6.45) is 0.471. The second kappa shape index (κ2) is 5.15. The van der Waals surface area contributed by atoms with Crippen molar-refractivity contribution in [3.8, 4) is 5.75 Å². The molecular formula is C14H16F2O3. The minimum absolute atomic E-state index is 0.123. The van der Waals surface area contributed by atoms with E-state index < -0.39 is 17.8 Å². The van der Waals surface area contributed by atoms with Crippen molar-refractivity contribution in [3.63, 3.8) is 0 Å². The van der Waals surface area contributed by atoms with Gasteiger partial charge < -0.3 is 10.2 Å². The van der Waals surface area contributed by atoms with Gasteiger partial charge in [0.15, 0.2) is 0 Å². The maximum absolute atomic E-state index is 12.7. The lowest BCUT2D eigenvalue weighted by atomic mass is 9.69. The molecule has 19 heavy (non-hydrogen) atoms. The van der Waals surface area contributed by atoms with Crippen LogP contribution in [-0.2, 0) is 10.2 Å². The highest BCUT2D eigenvalue weighted by atomic mass is 19.3. The quantitative estimate of drug-likeness (QED) is 0.882. The third kappa shape index (κ3) is 2.41. The average molecular weight is 270 g/mol. The Morgan fingerprint density at radius 2 is 1.84 bits per heavy atom. The summed E-state index contributed by atoms with van der Waals surface area (Å²) >= 11 is 0. The van der Waals surface area contributed by atoms with Gasteiger partial charge in [0.1, 0.15) is 5.75 Å². The van der Waals surface area contributed by atoms with Gasteiger partial charge in [0, 0.05) is 11.1 Å². The molecule has 0 radical (unpaired) electrons. The molecule has 1 aromatic carbocycles. The van der Waals surface area contributed by atoms with Crippen LogP contribution in [0.5, 0.6) is 5.75 Å². The molecule has 104 valence electrons. The summed E-state index contributed by atoms with van der Waals surface area (Å²) in [6.45, 7) is 0. The first-order chi connectivity index (χ1) is 8.97. The molecule has 1 aromatic rings. The van der Waals surface area contributed by atoms with E-state index in [9.17, 15) is 23.8 Å². The molecule has 0 aliphatic heterocycles. The molecule has 0 unspecified atom stereocenters. The van der Waals surface area contributed by atoms with Crippen LogP contribution in [-0.4, -0.2) is 16.2 Å². The second-order valence-corrected chi connectivity index (χ2v) is 5.03. The van der Waals surface area contributed by atoms with Crippen molar-refractivity contribution in [2.24, 2.45) is 0 Å². The second-order valence-electron chi connectivity index (χ2n) is 5.03. The van der Waals surface area contributed by atoms with Crippen molar-refractivity contribution in [2.75, 3.05) is 0 Å². The zero-order valence-electron chi connectivity index (χ0n) is 10.4. The van der Waals surface area contributed by atoms with Crippen LogP contribution in [0.15, 0.2) is 18.2 Å². The van der Waals surface area contributed by atoms with Crippen LogP contribution >= 0.6 is 0 Å². The molecule has 0 heterocycles. The van der Waals surface area contributed by atoms with Gasteiger partial charge in [-0.15, -0.1) is 0 Å². The number of carbonyl (C=O) groups is 1. The molecule has 0 bridgehead atoms. The number of carboxylic acid groups (broad SMARTS) is 1. The highest BCUT2D eigenvalue weighted by Gasteiger charge is 2.43. The number of hydrogen-bond acceptors (Lipinski definition) is 2. The summed E-state index contributed by atoms with van der Waals surface area (Å²) in [5.74, 6) is -1.26. The molecule has 1 fully saturated rings. The fourth-order valence-corrected chi connectivity index (χ4v) is 2.83. The van der Waals surface area contributed by atoms with Crippen molar-refractivity contribution in [2.45, 2.75) is 43.9 Å². The summed E-state index contributed by atoms with van der Waals surface area (Å²) in [4.78, 5) is 11.6. The van der Waals surface area contributed by atoms with Crippen LogP contribution < -0.4 is 0 Å². The Kier molecular flexibility index (Phi) is 3.73. The van der Waals surface area contributed by atoms with Crippen molar-refractivity contribution >= 4 is 5.97 Å². The first-order valence-corrected chi connectivity index (χ1v) is 6.32. The fraction of sp³-hybridized carbons (Fsp3) is 0.500. The van der Waals surface area contributed by atoms with Crippen LogP contribution in [0.1, 0.15) is 49.7 Å². The zero-order valence-corrected chi connectivity index (χ0v) is 10.4. The van der Waals surface area contributed by atoms with Gasteiger partial charge in [0.25, 0.3) is 6.43 Å². The maximum Gasteiger partial charge on any atom is 0.314 e. The Morgan fingerprint density at radius 3 is 2.37 bits per heavy atom. The van der Waals surface area contributed by atoms with Crippen molar-refractivity contribution in [1.82, 2.24) is 0 Å². The molecule has 0 atom stereocenters. The molecule has 0 spiro atoms. The average Bonchev–Trinajstić information content (AvgIpc) is 2.39. The minimum Gasteiger partial charge on any atom is -0.508 e. The fourth-order valence-electron chi connectivity index (χ4n) is 2.83. The van der Waals surface area contributed by atoms with E-state index in [-0.39, 0.29) is 16.9 Å². The molecule has 1 aliphatic carbocycles. The van der Waals surface area contributed by atoms with Gasteiger partial charge in [-0.05, 0) is 31.0 Å². The molecule has 3 nitrogen and oxygen atoms in total. The number of aliphatic carboxylic acids is 1. The number of alkyl halides is 2. The monoisotopic (exact) mass is 270 g/mol. The summed E-state index contributed by atoms with van der Waals surface area (Å²) in [6, 6.07) is 3.43. The predicted molar refractivity (Wildman–Crippen MR) is 65.5 cm³/mol. The summed E-state index contributed by atoms with van der Waals surface area (Å²) in [5.41, 5.74) is -1.36. The van der Waals surface area contributed by atoms with Gasteiger partial charge in [0.05, 0.1) is 5.41 Å². The van der Waals surface area contributed by atoms with Crippen LogP contribution in [0.4, 0.5) is 8.78 Å². The molecular weight excluding hydrogens is 254 g/mol. The standard InChI is InChI=1S/C14H16F2O3/c15-12(16)9-4-5-11(17)10(8-9)14(13(18)19)6-2-1-3-7-14/h4-5,8,12,17H,1-3,6-7H2,(H,18,19). The summed E-state index contributed by atoms with van der Waals surface area (Å²) in [5, 5.41) is 19.4. The van der Waals surface area contributed by atoms with Crippen molar-refractivity contribution in [1.29, 1.82) is 0 Å². The predicted octanol–water partition coefficient (Wildman–Crippen LogP) is 3.62. The number of benzene rings is 1. The molecule has 5 heteroatoms. The molecule has 0 amide bonds. The summed E-state index contributed by atoms with van der Waals surface area (Å²) in [7, 11) is 0. The number of carboxylic acids is 1. The van der Waals surface area contributed by atoms with Gasteiger partial charge in [-0.3, -0.25) is 4.79 Å². The van der Waals surface area contributed by atoms with E-state index in [2.05, 4.69) is 0 Å². The normalized spacial score (nSPS) is 18.5. The first kappa shape index (κ1) is 13.8. The molecule has 2 rings (SSSR count). The van der Waals surface area contributed by atoms with Gasteiger partial charge in [0.2, 0.25) is 0 Å². The van der Waals surface area contributed by atoms with Crippen LogP contribution in [0.3, 0.4) is 0 Å². The molecule has 2 N–H and O–H groups in total. The van der Waals surface area contributed by atoms with E-state index in [1.165, 1.54) is 0 Å². The van der Waals surface area contributed by atoms with Gasteiger partial charge in [-0.25, -0.2) is 8.78 Å². The highest BCUT2D eigenvalue weighted by molar-refractivity contribution is 5.82. The topological polar surface area (TPSA) is 57.5 Å². The van der Waals surface area contributed by atoms with Crippen molar-refractivity contribution in [3.05, 3.63) is 29.3 Å². The minimum atomic E-state index is -2.67. The number of phenols is 1. The third-order valence-corrected chi connectivity index (χ3v) is 3.90. The number of rotatable bonds is 3. The lowest BCUT2D eigenvalue weighted by Crippen LogP contribution is -2.38. The first-order valence-electron chi connectivity index (χ1n) is 6.32. The third-order valence-electron chi connectivity index (χ3n) is 3.90. The number of hydrogen-bond donors (Lipinski definition) is 2. The van der Waals surface area contributed by atoms with Gasteiger partial charge in [-0.1, -0.05) is 19.3 Å². The smallest absolute Gasteiger partial charge is 0.314 e. The maximum atomic E-state index is 12.7. The number of phenolic OH excluding ortho intramolecular Hbond substituents is 1. The zero-order chi connectivity index (χ0) is 14.0. The lowest BCUT2D eigenvalue weighted by Gasteiger charge is -2.34. The van der Waals surface area contributed by atoms with E-state index >= 15 is 0 Å². The largest absolute Gasteiger partial charge is 0.508 e. The van der Waals surface area contributed by atoms with Crippen molar-refractivity contribution < 1.29 is 23.8 Å². The van der Waals surface area contributed by atoms with E-state index in [4.69, 9.17) is 0 Å². The van der Waals surface area contributed by atoms with Crippen LogP contribution in [0.2, 0.25) is 0 Å². The van der Waals surface area contributed by atoms with Crippen LogP contribution in [0, 0.1) is 0 Å². The number of aromatic hydroxyl groups is 1. The van der Waals surface area contributed by atoms with E-state index in [0.29, 0.717) is 12.8 Å². The molecule has 0 saturated heterocycles. The van der Waals surface area contributed by atoms with Gasteiger partial charge >= 0.3 is 5.97 Å².